The highest BCUT2D eigenvalue weighted by molar-refractivity contribution is 5.88. The number of nitrogens with zero attached hydrogens (tertiary/aromatic N) is 5. The molecular formula is C11H15N6O4+. The van der Waals surface area contributed by atoms with Crippen LogP contribution in [0.25, 0.3) is 0 Å². The number of aromatic nitrogens is 2. The average molecular weight is 295 g/mol. The van der Waals surface area contributed by atoms with Crippen molar-refractivity contribution in [3.8, 4) is 0 Å². The first kappa shape index (κ1) is 14.9. The molecule has 1 aromatic heterocycles. The van der Waals surface area contributed by atoms with Crippen molar-refractivity contribution in [1.29, 1.82) is 5.53 Å². The topological polar surface area (TPSA) is 138 Å². The molecule has 10 heteroatoms. The fourth-order valence-corrected chi connectivity index (χ4v) is 2.44. The van der Waals surface area contributed by atoms with Gasteiger partial charge in [-0.1, -0.05) is 0 Å². The highest BCUT2D eigenvalue weighted by Gasteiger charge is 2.38. The fourth-order valence-electron chi connectivity index (χ4n) is 2.44. The van der Waals surface area contributed by atoms with Gasteiger partial charge in [-0.15, -0.1) is 0 Å². The molecule has 1 aliphatic heterocycles. The zero-order chi connectivity index (χ0) is 15.6. The van der Waals surface area contributed by atoms with E-state index in [4.69, 9.17) is 10.3 Å². The predicted octanol–water partition coefficient (Wildman–Crippen LogP) is 1.06. The Balaban J connectivity index is 2.34. The van der Waals surface area contributed by atoms with E-state index in [0.29, 0.717) is 18.5 Å². The lowest BCUT2D eigenvalue weighted by Crippen LogP contribution is -2.28. The van der Waals surface area contributed by atoms with Crippen LogP contribution in [0.1, 0.15) is 31.6 Å². The minimum atomic E-state index is -0.775. The quantitative estimate of drug-likeness (QED) is 0.384. The van der Waals surface area contributed by atoms with Gasteiger partial charge in [-0.3, -0.25) is 19.6 Å². The number of nitro groups is 1. The van der Waals surface area contributed by atoms with Crippen molar-refractivity contribution in [3.05, 3.63) is 22.0 Å². The number of carbonyl (C=O) groups is 1. The molecule has 2 rings (SSSR count). The van der Waals surface area contributed by atoms with Crippen LogP contribution in [0, 0.1) is 15.6 Å². The summed E-state index contributed by atoms with van der Waals surface area (Å²) < 4.78 is 7.02. The summed E-state index contributed by atoms with van der Waals surface area (Å²) in [6, 6.07) is -0.741. The molecule has 21 heavy (non-hydrogen) atoms. The van der Waals surface area contributed by atoms with Gasteiger partial charge in [0.15, 0.2) is 11.8 Å². The summed E-state index contributed by atoms with van der Waals surface area (Å²) in [4.78, 5) is 25.5. The molecule has 1 fully saturated rings. The normalized spacial score (nSPS) is 26.0. The van der Waals surface area contributed by atoms with Gasteiger partial charge in [0.05, 0.1) is 4.92 Å². The number of ketones is 1. The van der Waals surface area contributed by atoms with Crippen molar-refractivity contribution in [1.82, 2.24) is 14.7 Å². The maximum Gasteiger partial charge on any atom is 0.312 e. The molecule has 0 aromatic carbocycles. The lowest BCUT2D eigenvalue weighted by molar-refractivity contribution is -0.386. The van der Waals surface area contributed by atoms with Gasteiger partial charge >= 0.3 is 5.69 Å². The monoisotopic (exact) mass is 295 g/mol. The second kappa shape index (κ2) is 5.90. The smallest absolute Gasteiger partial charge is 0.312 e. The van der Waals surface area contributed by atoms with Gasteiger partial charge < -0.3 is 4.74 Å². The van der Waals surface area contributed by atoms with Gasteiger partial charge in [-0.05, 0) is 19.8 Å². The van der Waals surface area contributed by atoms with Gasteiger partial charge in [-0.25, -0.2) is 0 Å². The average Bonchev–Trinajstić information content (AvgIpc) is 2.76. The zero-order valence-electron chi connectivity index (χ0n) is 11.6. The maximum absolute atomic E-state index is 12.0. The molecule has 0 spiro atoms. The third kappa shape index (κ3) is 2.86. The standard InChI is InChI=1S/C11H15N6O4/c1-6-11(18)7(14-15-12)3-4-9(21-6)10-8(17(19)20)5-13-16(10)2/h5-7,9,12H,3-4H2,1-2H3/q+1/t6-,7+,9-/m0/s1. The molecule has 0 saturated carbocycles. The summed E-state index contributed by atoms with van der Waals surface area (Å²) in [7, 11) is 1.59. The molecule has 1 aromatic rings. The van der Waals surface area contributed by atoms with Crippen LogP contribution in [0.15, 0.2) is 11.3 Å². The third-order valence-electron chi connectivity index (χ3n) is 3.46. The number of ether oxygens (including phenoxy) is 1. The zero-order valence-corrected chi connectivity index (χ0v) is 11.6. The summed E-state index contributed by atoms with van der Waals surface area (Å²) in [5.74, 6) is -0.279. The van der Waals surface area contributed by atoms with Crippen LogP contribution in [0.3, 0.4) is 0 Å². The molecule has 1 saturated heterocycles. The number of carbonyl (C=O) groups excluding carboxylic acids is 1. The molecule has 112 valence electrons. The van der Waals surface area contributed by atoms with Gasteiger partial charge in [0.1, 0.15) is 34.7 Å². The van der Waals surface area contributed by atoms with E-state index in [2.05, 4.69) is 15.1 Å². The Morgan fingerprint density at radius 1 is 1.62 bits per heavy atom. The highest BCUT2D eigenvalue weighted by Crippen LogP contribution is 2.34. The number of rotatable bonds is 3. The van der Waals surface area contributed by atoms with Crippen LogP contribution in [0.2, 0.25) is 0 Å². The molecule has 3 atom stereocenters. The van der Waals surface area contributed by atoms with Crippen LogP contribution in [-0.2, 0) is 16.6 Å². The van der Waals surface area contributed by atoms with Crippen molar-refractivity contribution in [2.24, 2.45) is 12.2 Å². The van der Waals surface area contributed by atoms with Crippen LogP contribution < -0.4 is 4.91 Å². The Hall–Kier alpha value is -2.45. The predicted molar refractivity (Wildman–Crippen MR) is 68.5 cm³/mol. The lowest BCUT2D eigenvalue weighted by Gasteiger charge is -2.17. The summed E-state index contributed by atoms with van der Waals surface area (Å²) in [5, 5.41) is 18.5. The van der Waals surface area contributed by atoms with Gasteiger partial charge in [0.25, 0.3) is 0 Å². The molecular weight excluding hydrogens is 280 g/mol. The van der Waals surface area contributed by atoms with Crippen LogP contribution in [0.5, 0.6) is 0 Å². The van der Waals surface area contributed by atoms with Crippen LogP contribution in [-0.4, -0.2) is 32.6 Å². The number of hydrogen-bond donors (Lipinski definition) is 1. The fraction of sp³-hybridized carbons (Fsp3) is 0.636. The molecule has 0 aliphatic carbocycles. The summed E-state index contributed by atoms with van der Waals surface area (Å²) in [6.07, 6.45) is 0.445. The van der Waals surface area contributed by atoms with Crippen molar-refractivity contribution < 1.29 is 14.5 Å². The molecule has 0 amide bonds. The van der Waals surface area contributed by atoms with E-state index in [-0.39, 0.29) is 11.5 Å². The first-order chi connectivity index (χ1) is 9.95. The number of Topliss-reactive ketones (excluding diaryl/α,β-unsaturated/α-hetero) is 1. The molecule has 0 radical (unpaired) electrons. The Morgan fingerprint density at radius 2 is 2.33 bits per heavy atom. The summed E-state index contributed by atoms with van der Waals surface area (Å²) in [5.41, 5.74) is 6.93. The van der Waals surface area contributed by atoms with Crippen molar-refractivity contribution >= 4 is 11.5 Å². The van der Waals surface area contributed by atoms with E-state index in [1.807, 2.05) is 0 Å². The first-order valence-electron chi connectivity index (χ1n) is 6.37. The largest absolute Gasteiger partial charge is 0.361 e. The Kier molecular flexibility index (Phi) is 4.20. The molecule has 0 bridgehead atoms. The molecule has 10 nitrogen and oxygen atoms in total. The number of aryl methyl sites for hydroxylation is 1. The Bertz CT molecular complexity index is 620. The van der Waals surface area contributed by atoms with E-state index < -0.39 is 23.2 Å². The lowest BCUT2D eigenvalue weighted by atomic mass is 10.0. The van der Waals surface area contributed by atoms with E-state index >= 15 is 0 Å². The third-order valence-corrected chi connectivity index (χ3v) is 3.46. The number of hydrogen-bond acceptors (Lipinski definition) is 7. The minimum absolute atomic E-state index is 0.136. The van der Waals surface area contributed by atoms with Gasteiger partial charge in [0, 0.05) is 7.05 Å². The molecule has 1 N–H and O–H groups in total. The minimum Gasteiger partial charge on any atom is -0.361 e. The number of nitrogens with one attached hydrogen (secondary N) is 1. The Labute approximate surface area is 119 Å². The Morgan fingerprint density at radius 3 is 2.95 bits per heavy atom. The summed E-state index contributed by atoms with van der Waals surface area (Å²) in [6.45, 7) is 1.56. The highest BCUT2D eigenvalue weighted by atomic mass is 16.6. The van der Waals surface area contributed by atoms with E-state index in [1.54, 1.807) is 14.0 Å². The van der Waals surface area contributed by atoms with Crippen molar-refractivity contribution in [3.63, 3.8) is 0 Å². The van der Waals surface area contributed by atoms with Crippen molar-refractivity contribution in [2.45, 2.75) is 38.0 Å². The van der Waals surface area contributed by atoms with Crippen molar-refractivity contribution in [2.75, 3.05) is 0 Å². The van der Waals surface area contributed by atoms with Crippen LogP contribution >= 0.6 is 0 Å². The van der Waals surface area contributed by atoms with E-state index in [1.165, 1.54) is 4.68 Å². The van der Waals surface area contributed by atoms with Gasteiger partial charge in [0.2, 0.25) is 4.91 Å². The molecule has 2 heterocycles. The summed E-state index contributed by atoms with van der Waals surface area (Å²) >= 11 is 0. The van der Waals surface area contributed by atoms with E-state index in [9.17, 15) is 14.9 Å². The SMILES string of the molecule is C[C@@H]1O[C@H](c2c([N+](=O)[O-])cnn2C)CC[C@@H](N=[N+]=N)C1=O. The second-order valence-corrected chi connectivity index (χ2v) is 4.77. The second-order valence-electron chi connectivity index (χ2n) is 4.77. The van der Waals surface area contributed by atoms with E-state index in [0.717, 1.165) is 6.20 Å². The van der Waals surface area contributed by atoms with Crippen LogP contribution in [0.4, 0.5) is 5.69 Å². The molecule has 0 unspecified atom stereocenters. The molecule has 1 aliphatic rings. The maximum atomic E-state index is 12.0. The van der Waals surface area contributed by atoms with Gasteiger partial charge in [-0.2, -0.15) is 5.10 Å². The first-order valence-corrected chi connectivity index (χ1v) is 6.37.